The van der Waals surface area contributed by atoms with Crippen molar-refractivity contribution in [3.8, 4) is 0 Å². The molecule has 3 heteroatoms. The van der Waals surface area contributed by atoms with Gasteiger partial charge >= 0.3 is 0 Å². The number of likely N-dealkylation sites (tertiary alicyclic amines) is 1. The predicted molar refractivity (Wildman–Crippen MR) is 80.1 cm³/mol. The molecule has 2 atom stereocenters. The zero-order valence-corrected chi connectivity index (χ0v) is 13.3. The van der Waals surface area contributed by atoms with Crippen molar-refractivity contribution < 1.29 is 0 Å². The third-order valence-corrected chi connectivity index (χ3v) is 3.93. The zero-order valence-electron chi connectivity index (χ0n) is 13.3. The molecule has 1 fully saturated rings. The fourth-order valence-electron chi connectivity index (χ4n) is 2.69. The molecule has 1 heterocycles. The van der Waals surface area contributed by atoms with Gasteiger partial charge < -0.3 is 10.2 Å². The van der Waals surface area contributed by atoms with E-state index in [0.29, 0.717) is 6.04 Å². The Morgan fingerprint density at radius 2 is 2.00 bits per heavy atom. The van der Waals surface area contributed by atoms with Crippen molar-refractivity contribution in [2.45, 2.75) is 64.6 Å². The average molecular weight is 255 g/mol. The van der Waals surface area contributed by atoms with Crippen molar-refractivity contribution in [3.63, 3.8) is 0 Å². The molecule has 1 rings (SSSR count). The van der Waals surface area contributed by atoms with Gasteiger partial charge in [-0.3, -0.25) is 4.90 Å². The molecule has 108 valence electrons. The maximum absolute atomic E-state index is 3.67. The van der Waals surface area contributed by atoms with Crippen LogP contribution in [0.25, 0.3) is 0 Å². The third-order valence-electron chi connectivity index (χ3n) is 3.93. The fraction of sp³-hybridized carbons (Fsp3) is 1.00. The second-order valence-corrected chi connectivity index (χ2v) is 6.97. The minimum Gasteiger partial charge on any atom is -0.311 e. The van der Waals surface area contributed by atoms with E-state index >= 15 is 0 Å². The van der Waals surface area contributed by atoms with Crippen molar-refractivity contribution >= 4 is 0 Å². The number of nitrogens with one attached hydrogen (secondary N) is 1. The minimum atomic E-state index is 0.229. The average Bonchev–Trinajstić information content (AvgIpc) is 2.72. The summed E-state index contributed by atoms with van der Waals surface area (Å²) < 4.78 is 0. The highest BCUT2D eigenvalue weighted by atomic mass is 15.3. The van der Waals surface area contributed by atoms with Crippen molar-refractivity contribution in [2.75, 3.05) is 33.7 Å². The molecule has 0 spiro atoms. The zero-order chi connectivity index (χ0) is 13.8. The topological polar surface area (TPSA) is 18.5 Å². The van der Waals surface area contributed by atoms with Crippen LogP contribution in [-0.4, -0.2) is 61.2 Å². The molecule has 3 nitrogen and oxygen atoms in total. The first-order valence-electron chi connectivity index (χ1n) is 7.49. The first-order valence-corrected chi connectivity index (χ1v) is 7.49. The molecule has 0 radical (unpaired) electrons. The number of hydrogen-bond acceptors (Lipinski definition) is 3. The van der Waals surface area contributed by atoms with Crippen LogP contribution in [0.3, 0.4) is 0 Å². The first-order chi connectivity index (χ1) is 8.33. The van der Waals surface area contributed by atoms with Crippen LogP contribution >= 0.6 is 0 Å². The second-order valence-electron chi connectivity index (χ2n) is 6.97. The van der Waals surface area contributed by atoms with Crippen LogP contribution in [-0.2, 0) is 0 Å². The van der Waals surface area contributed by atoms with Gasteiger partial charge in [0.1, 0.15) is 0 Å². The summed E-state index contributed by atoms with van der Waals surface area (Å²) in [7, 11) is 4.41. The normalized spacial score (nSPS) is 23.8. The lowest BCUT2D eigenvalue weighted by Gasteiger charge is -2.32. The molecule has 1 N–H and O–H groups in total. The predicted octanol–water partition coefficient (Wildman–Crippen LogP) is 2.18. The molecular formula is C15H33N3. The minimum absolute atomic E-state index is 0.229. The van der Waals surface area contributed by atoms with E-state index in [0.717, 1.165) is 12.6 Å². The van der Waals surface area contributed by atoms with Gasteiger partial charge in [-0.2, -0.15) is 0 Å². The lowest BCUT2D eigenvalue weighted by Crippen LogP contribution is -2.47. The van der Waals surface area contributed by atoms with Gasteiger partial charge in [0.25, 0.3) is 0 Å². The highest BCUT2D eigenvalue weighted by Gasteiger charge is 2.29. The summed E-state index contributed by atoms with van der Waals surface area (Å²) >= 11 is 0. The van der Waals surface area contributed by atoms with Crippen LogP contribution in [0.1, 0.15) is 47.0 Å². The summed E-state index contributed by atoms with van der Waals surface area (Å²) in [6, 6.07) is 1.46. The Labute approximate surface area is 114 Å². The van der Waals surface area contributed by atoms with E-state index in [4.69, 9.17) is 0 Å². The van der Waals surface area contributed by atoms with E-state index in [2.05, 4.69) is 56.9 Å². The lowest BCUT2D eigenvalue weighted by molar-refractivity contribution is 0.191. The summed E-state index contributed by atoms with van der Waals surface area (Å²) in [5.74, 6) is 0. The molecule has 18 heavy (non-hydrogen) atoms. The summed E-state index contributed by atoms with van der Waals surface area (Å²) in [6.07, 6.45) is 3.91. The van der Waals surface area contributed by atoms with E-state index in [-0.39, 0.29) is 5.54 Å². The molecule has 1 aliphatic heterocycles. The lowest BCUT2D eigenvalue weighted by atomic mass is 10.1. The maximum atomic E-state index is 3.67. The summed E-state index contributed by atoms with van der Waals surface area (Å²) in [6.45, 7) is 12.7. The van der Waals surface area contributed by atoms with E-state index in [1.165, 1.54) is 32.4 Å². The van der Waals surface area contributed by atoms with E-state index in [1.54, 1.807) is 0 Å². The monoisotopic (exact) mass is 255 g/mol. The standard InChI is InChI=1S/C15H33N3/c1-7-8-13(11-16-15(2,3)4)18-10-9-14(12-18)17(5)6/h13-14,16H,7-12H2,1-6H3. The van der Waals surface area contributed by atoms with E-state index in [9.17, 15) is 0 Å². The van der Waals surface area contributed by atoms with Crippen LogP contribution < -0.4 is 5.32 Å². The van der Waals surface area contributed by atoms with Gasteiger partial charge in [0.2, 0.25) is 0 Å². The van der Waals surface area contributed by atoms with Crippen LogP contribution in [0.2, 0.25) is 0 Å². The molecule has 0 aromatic heterocycles. The van der Waals surface area contributed by atoms with Gasteiger partial charge in [-0.1, -0.05) is 13.3 Å². The highest BCUT2D eigenvalue weighted by molar-refractivity contribution is 4.87. The van der Waals surface area contributed by atoms with E-state index < -0.39 is 0 Å². The number of rotatable bonds is 6. The summed E-state index contributed by atoms with van der Waals surface area (Å²) in [4.78, 5) is 5.06. The Hall–Kier alpha value is -0.120. The molecule has 0 amide bonds. The Bertz CT molecular complexity index is 232. The van der Waals surface area contributed by atoms with Gasteiger partial charge in [-0.25, -0.2) is 0 Å². The highest BCUT2D eigenvalue weighted by Crippen LogP contribution is 2.18. The number of nitrogens with zero attached hydrogens (tertiary/aromatic N) is 2. The fourth-order valence-corrected chi connectivity index (χ4v) is 2.69. The van der Waals surface area contributed by atoms with Crippen molar-refractivity contribution in [2.24, 2.45) is 0 Å². The smallest absolute Gasteiger partial charge is 0.0229 e. The molecule has 0 aliphatic carbocycles. The molecule has 1 saturated heterocycles. The summed E-state index contributed by atoms with van der Waals surface area (Å²) in [5.41, 5.74) is 0.229. The van der Waals surface area contributed by atoms with Crippen LogP contribution in [0.15, 0.2) is 0 Å². The molecule has 0 aromatic carbocycles. The Morgan fingerprint density at radius 1 is 1.33 bits per heavy atom. The molecular weight excluding hydrogens is 222 g/mol. The Morgan fingerprint density at radius 3 is 2.44 bits per heavy atom. The molecule has 1 aliphatic rings. The third kappa shape index (κ3) is 5.25. The SMILES string of the molecule is CCCC(CNC(C)(C)C)N1CCC(N(C)C)C1. The molecule has 0 aromatic rings. The van der Waals surface area contributed by atoms with E-state index in [1.807, 2.05) is 0 Å². The quantitative estimate of drug-likeness (QED) is 0.785. The van der Waals surface area contributed by atoms with Gasteiger partial charge in [0.15, 0.2) is 0 Å². The van der Waals surface area contributed by atoms with Gasteiger partial charge in [0.05, 0.1) is 0 Å². The van der Waals surface area contributed by atoms with Crippen LogP contribution in [0.4, 0.5) is 0 Å². The Kier molecular flexibility index (Phi) is 6.09. The van der Waals surface area contributed by atoms with Crippen molar-refractivity contribution in [1.82, 2.24) is 15.1 Å². The molecule has 0 bridgehead atoms. The first kappa shape index (κ1) is 15.9. The summed E-state index contributed by atoms with van der Waals surface area (Å²) in [5, 5.41) is 3.67. The van der Waals surface area contributed by atoms with Crippen molar-refractivity contribution in [1.29, 1.82) is 0 Å². The largest absolute Gasteiger partial charge is 0.311 e. The number of likely N-dealkylation sites (N-methyl/N-ethyl adjacent to an activating group) is 1. The maximum Gasteiger partial charge on any atom is 0.0229 e. The van der Waals surface area contributed by atoms with Crippen LogP contribution in [0, 0.1) is 0 Å². The Balaban J connectivity index is 2.47. The van der Waals surface area contributed by atoms with Crippen molar-refractivity contribution in [3.05, 3.63) is 0 Å². The number of hydrogen-bond donors (Lipinski definition) is 1. The molecule has 2 unspecified atom stereocenters. The second kappa shape index (κ2) is 6.88. The van der Waals surface area contributed by atoms with Gasteiger partial charge in [-0.15, -0.1) is 0 Å². The van der Waals surface area contributed by atoms with Gasteiger partial charge in [0, 0.05) is 37.3 Å². The molecule has 0 saturated carbocycles. The van der Waals surface area contributed by atoms with Crippen LogP contribution in [0.5, 0.6) is 0 Å². The van der Waals surface area contributed by atoms with Gasteiger partial charge in [-0.05, 0) is 47.7 Å².